The lowest BCUT2D eigenvalue weighted by Crippen LogP contribution is -2.34. The first-order chi connectivity index (χ1) is 10.0. The molecule has 2 aliphatic rings. The Balaban J connectivity index is 1.94. The number of amides is 1. The number of carbonyl (C=O) groups excluding carboxylic acids is 1. The molecule has 114 valence electrons. The molecule has 0 bridgehead atoms. The van der Waals surface area contributed by atoms with Crippen LogP contribution in [0.1, 0.15) is 56.2 Å². The third-order valence-electron chi connectivity index (χ3n) is 5.51. The predicted octanol–water partition coefficient (Wildman–Crippen LogP) is 3.44. The van der Waals surface area contributed by atoms with E-state index in [1.807, 2.05) is 7.05 Å². The molecule has 1 heterocycles. The first kappa shape index (κ1) is 14.6. The Morgan fingerprint density at radius 3 is 2.62 bits per heavy atom. The number of benzene rings is 1. The van der Waals surface area contributed by atoms with E-state index in [0.29, 0.717) is 17.9 Å². The predicted molar refractivity (Wildman–Crippen MR) is 86.5 cm³/mol. The summed E-state index contributed by atoms with van der Waals surface area (Å²) < 4.78 is 0. The van der Waals surface area contributed by atoms with Crippen LogP contribution in [-0.4, -0.2) is 20.0 Å². The summed E-state index contributed by atoms with van der Waals surface area (Å²) in [7, 11) is 3.96. The number of rotatable bonds is 3. The second-order valence-corrected chi connectivity index (χ2v) is 6.92. The fourth-order valence-corrected chi connectivity index (χ4v) is 4.24. The summed E-state index contributed by atoms with van der Waals surface area (Å²) in [6.45, 7) is 2.41. The highest BCUT2D eigenvalue weighted by Gasteiger charge is 2.37. The molecule has 0 radical (unpaired) electrons. The molecule has 1 fully saturated rings. The summed E-state index contributed by atoms with van der Waals surface area (Å²) in [5.41, 5.74) is 4.14. The average Bonchev–Trinajstić information content (AvgIpc) is 2.91. The van der Waals surface area contributed by atoms with E-state index in [2.05, 4.69) is 37.5 Å². The largest absolute Gasteiger partial charge is 0.315 e. The number of anilines is 1. The number of hydrogen-bond donors (Lipinski definition) is 1. The van der Waals surface area contributed by atoms with E-state index in [9.17, 15) is 4.79 Å². The molecule has 0 aromatic heterocycles. The van der Waals surface area contributed by atoms with Crippen LogP contribution >= 0.6 is 0 Å². The van der Waals surface area contributed by atoms with Crippen molar-refractivity contribution >= 4 is 11.6 Å². The molecule has 1 N–H and O–H groups in total. The molecule has 0 saturated heterocycles. The molecule has 1 aromatic rings. The summed E-state index contributed by atoms with van der Waals surface area (Å²) in [4.78, 5) is 13.6. The lowest BCUT2D eigenvalue weighted by molar-refractivity contribution is -0.118. The molecule has 1 aliphatic carbocycles. The van der Waals surface area contributed by atoms with Crippen molar-refractivity contribution < 1.29 is 4.79 Å². The maximum atomic E-state index is 11.8. The van der Waals surface area contributed by atoms with Crippen molar-refractivity contribution in [3.8, 4) is 0 Å². The highest BCUT2D eigenvalue weighted by molar-refractivity contribution is 5.95. The summed E-state index contributed by atoms with van der Waals surface area (Å²) in [5, 5.41) is 3.55. The van der Waals surface area contributed by atoms with E-state index in [4.69, 9.17) is 0 Å². The molecule has 1 amide bonds. The minimum Gasteiger partial charge on any atom is -0.315 e. The van der Waals surface area contributed by atoms with Gasteiger partial charge in [0.1, 0.15) is 0 Å². The normalized spacial score (nSPS) is 22.2. The first-order valence-corrected chi connectivity index (χ1v) is 8.12. The van der Waals surface area contributed by atoms with E-state index in [1.165, 1.54) is 36.8 Å². The zero-order chi connectivity index (χ0) is 15.0. The summed E-state index contributed by atoms with van der Waals surface area (Å²) in [6, 6.07) is 7.07. The Morgan fingerprint density at radius 2 is 1.95 bits per heavy atom. The second kappa shape index (κ2) is 5.45. The standard InChI is InChI=1S/C18H26N2O/c1-18(10-4-5-11-18)17(19-2)14-6-8-15-13(12-14)7-9-16(21)20(15)3/h6,8,12,17,19H,4-5,7,9-11H2,1-3H3. The smallest absolute Gasteiger partial charge is 0.227 e. The van der Waals surface area contributed by atoms with Gasteiger partial charge in [-0.05, 0) is 48.9 Å². The van der Waals surface area contributed by atoms with E-state index in [-0.39, 0.29) is 5.91 Å². The van der Waals surface area contributed by atoms with Gasteiger partial charge in [0.2, 0.25) is 5.91 Å². The molecule has 1 aliphatic heterocycles. The van der Waals surface area contributed by atoms with Gasteiger partial charge < -0.3 is 10.2 Å². The Morgan fingerprint density at radius 1 is 1.24 bits per heavy atom. The van der Waals surface area contributed by atoms with Gasteiger partial charge in [0.15, 0.2) is 0 Å². The van der Waals surface area contributed by atoms with Gasteiger partial charge in [-0.2, -0.15) is 0 Å². The van der Waals surface area contributed by atoms with Crippen LogP contribution in [0.4, 0.5) is 5.69 Å². The summed E-state index contributed by atoms with van der Waals surface area (Å²) in [6.07, 6.45) is 6.80. The maximum absolute atomic E-state index is 11.8. The maximum Gasteiger partial charge on any atom is 0.227 e. The fraction of sp³-hybridized carbons (Fsp3) is 0.611. The van der Waals surface area contributed by atoms with Crippen LogP contribution in [0.5, 0.6) is 0 Å². The van der Waals surface area contributed by atoms with Gasteiger partial charge in [-0.25, -0.2) is 0 Å². The van der Waals surface area contributed by atoms with Crippen molar-refractivity contribution in [3.63, 3.8) is 0 Å². The van der Waals surface area contributed by atoms with E-state index >= 15 is 0 Å². The number of aryl methyl sites for hydroxylation is 1. The average molecular weight is 286 g/mol. The molecule has 1 atom stereocenters. The zero-order valence-corrected chi connectivity index (χ0v) is 13.4. The van der Waals surface area contributed by atoms with E-state index < -0.39 is 0 Å². The molecular weight excluding hydrogens is 260 g/mol. The Hall–Kier alpha value is -1.35. The zero-order valence-electron chi connectivity index (χ0n) is 13.4. The van der Waals surface area contributed by atoms with Crippen LogP contribution in [0, 0.1) is 5.41 Å². The highest BCUT2D eigenvalue weighted by atomic mass is 16.2. The number of fused-ring (bicyclic) bond motifs is 1. The van der Waals surface area contributed by atoms with E-state index in [1.54, 1.807) is 4.90 Å². The van der Waals surface area contributed by atoms with Gasteiger partial charge in [-0.3, -0.25) is 4.79 Å². The van der Waals surface area contributed by atoms with Crippen LogP contribution in [0.2, 0.25) is 0 Å². The minimum atomic E-state index is 0.225. The molecule has 1 unspecified atom stereocenters. The van der Waals surface area contributed by atoms with Crippen molar-refractivity contribution in [1.82, 2.24) is 5.32 Å². The van der Waals surface area contributed by atoms with Crippen molar-refractivity contribution in [1.29, 1.82) is 0 Å². The highest BCUT2D eigenvalue weighted by Crippen LogP contribution is 2.47. The lowest BCUT2D eigenvalue weighted by atomic mass is 9.76. The molecular formula is C18H26N2O. The van der Waals surface area contributed by atoms with Gasteiger partial charge in [0.25, 0.3) is 0 Å². The second-order valence-electron chi connectivity index (χ2n) is 6.92. The molecule has 0 spiro atoms. The summed E-state index contributed by atoms with van der Waals surface area (Å²) >= 11 is 0. The number of nitrogens with one attached hydrogen (secondary N) is 1. The van der Waals surface area contributed by atoms with Gasteiger partial charge in [-0.1, -0.05) is 31.9 Å². The quantitative estimate of drug-likeness (QED) is 0.923. The molecule has 3 rings (SSSR count). The number of hydrogen-bond acceptors (Lipinski definition) is 2. The Labute approximate surface area is 127 Å². The van der Waals surface area contributed by atoms with Crippen molar-refractivity contribution in [2.24, 2.45) is 5.41 Å². The van der Waals surface area contributed by atoms with Crippen molar-refractivity contribution in [2.75, 3.05) is 19.0 Å². The molecule has 3 nitrogen and oxygen atoms in total. The molecule has 21 heavy (non-hydrogen) atoms. The van der Waals surface area contributed by atoms with Crippen LogP contribution in [0.3, 0.4) is 0 Å². The van der Waals surface area contributed by atoms with Crippen LogP contribution in [0.25, 0.3) is 0 Å². The third kappa shape index (κ3) is 2.48. The van der Waals surface area contributed by atoms with E-state index in [0.717, 1.165) is 12.1 Å². The lowest BCUT2D eigenvalue weighted by Gasteiger charge is -2.35. The van der Waals surface area contributed by atoms with Gasteiger partial charge in [0, 0.05) is 25.2 Å². The van der Waals surface area contributed by atoms with Crippen molar-refractivity contribution in [3.05, 3.63) is 29.3 Å². The van der Waals surface area contributed by atoms with Crippen LogP contribution in [-0.2, 0) is 11.2 Å². The van der Waals surface area contributed by atoms with Crippen LogP contribution in [0.15, 0.2) is 18.2 Å². The number of nitrogens with zero attached hydrogens (tertiary/aromatic N) is 1. The monoisotopic (exact) mass is 286 g/mol. The molecule has 1 saturated carbocycles. The minimum absolute atomic E-state index is 0.225. The first-order valence-electron chi connectivity index (χ1n) is 8.12. The van der Waals surface area contributed by atoms with Crippen LogP contribution < -0.4 is 10.2 Å². The Bertz CT molecular complexity index is 546. The topological polar surface area (TPSA) is 32.3 Å². The Kier molecular flexibility index (Phi) is 3.78. The summed E-state index contributed by atoms with van der Waals surface area (Å²) in [5.74, 6) is 0.225. The SMILES string of the molecule is CNC(c1ccc2c(c1)CCC(=O)N2C)C1(C)CCCC1. The van der Waals surface area contributed by atoms with Crippen molar-refractivity contribution in [2.45, 2.75) is 51.5 Å². The third-order valence-corrected chi connectivity index (χ3v) is 5.51. The van der Waals surface area contributed by atoms with Gasteiger partial charge in [0.05, 0.1) is 0 Å². The number of carbonyl (C=O) groups is 1. The van der Waals surface area contributed by atoms with Gasteiger partial charge in [-0.15, -0.1) is 0 Å². The fourth-order valence-electron chi connectivity index (χ4n) is 4.24. The molecule has 1 aromatic carbocycles. The van der Waals surface area contributed by atoms with Gasteiger partial charge >= 0.3 is 0 Å². The molecule has 3 heteroatoms.